The number of rotatable bonds is 8. The van der Waals surface area contributed by atoms with Crippen LogP contribution in [-0.2, 0) is 4.74 Å². The Morgan fingerprint density at radius 2 is 2.12 bits per heavy atom. The second-order valence-electron chi connectivity index (χ2n) is 6.33. The van der Waals surface area contributed by atoms with Crippen molar-refractivity contribution in [3.63, 3.8) is 0 Å². The number of nitrogens with one attached hydrogen (secondary N) is 2. The van der Waals surface area contributed by atoms with Crippen molar-refractivity contribution in [1.82, 2.24) is 15.5 Å². The number of thiophene rings is 1. The minimum absolute atomic E-state index is 0.00737. The van der Waals surface area contributed by atoms with Crippen LogP contribution in [0.4, 0.5) is 0 Å². The molecule has 0 spiro atoms. The summed E-state index contributed by atoms with van der Waals surface area (Å²) in [5.41, 5.74) is 0. The number of nitrogens with zero attached hydrogens (tertiary/aromatic N) is 2. The Hall–Kier alpha value is -1.60. The van der Waals surface area contributed by atoms with Gasteiger partial charge in [-0.05, 0) is 43.0 Å². The van der Waals surface area contributed by atoms with Gasteiger partial charge in [-0.3, -0.25) is 9.79 Å². The van der Waals surface area contributed by atoms with Crippen molar-refractivity contribution in [3.05, 3.63) is 22.4 Å². The maximum absolute atomic E-state index is 11.8. The van der Waals surface area contributed by atoms with Crippen molar-refractivity contribution in [1.29, 1.82) is 0 Å². The van der Waals surface area contributed by atoms with E-state index in [9.17, 15) is 4.79 Å². The lowest BCUT2D eigenvalue weighted by molar-refractivity contribution is 0.0625. The Bertz CT molecular complexity index is 527. The molecule has 140 valence electrons. The van der Waals surface area contributed by atoms with Crippen LogP contribution in [0.3, 0.4) is 0 Å². The number of carbonyl (C=O) groups is 1. The number of hydrogen-bond donors (Lipinski definition) is 2. The van der Waals surface area contributed by atoms with E-state index in [4.69, 9.17) is 4.74 Å². The van der Waals surface area contributed by atoms with Gasteiger partial charge < -0.3 is 20.3 Å². The van der Waals surface area contributed by atoms with Crippen LogP contribution in [0.5, 0.6) is 0 Å². The van der Waals surface area contributed by atoms with Crippen molar-refractivity contribution in [2.45, 2.75) is 25.7 Å². The molecule has 0 aliphatic carbocycles. The van der Waals surface area contributed by atoms with Crippen LogP contribution in [-0.4, -0.2) is 63.7 Å². The van der Waals surface area contributed by atoms with Crippen LogP contribution < -0.4 is 10.6 Å². The highest BCUT2D eigenvalue weighted by molar-refractivity contribution is 7.12. The van der Waals surface area contributed by atoms with Crippen molar-refractivity contribution in [2.24, 2.45) is 10.9 Å². The summed E-state index contributed by atoms with van der Waals surface area (Å²) in [6, 6.07) is 3.73. The zero-order chi connectivity index (χ0) is 17.9. The number of hydrogen-bond acceptors (Lipinski definition) is 4. The van der Waals surface area contributed by atoms with Crippen LogP contribution in [0.15, 0.2) is 22.5 Å². The van der Waals surface area contributed by atoms with Gasteiger partial charge in [-0.1, -0.05) is 6.07 Å². The first-order valence-corrected chi connectivity index (χ1v) is 9.90. The summed E-state index contributed by atoms with van der Waals surface area (Å²) in [5, 5.41) is 8.22. The highest BCUT2D eigenvalue weighted by atomic mass is 32.1. The monoisotopic (exact) mass is 366 g/mol. The van der Waals surface area contributed by atoms with E-state index in [1.165, 1.54) is 30.6 Å². The van der Waals surface area contributed by atoms with E-state index in [1.54, 1.807) is 0 Å². The average molecular weight is 367 g/mol. The molecule has 0 unspecified atom stereocenters. The summed E-state index contributed by atoms with van der Waals surface area (Å²) in [7, 11) is 3.89. The third kappa shape index (κ3) is 7.04. The molecule has 1 aromatic heterocycles. The van der Waals surface area contributed by atoms with Gasteiger partial charge in [0.25, 0.3) is 5.91 Å². The van der Waals surface area contributed by atoms with Crippen LogP contribution in [0, 0.1) is 5.92 Å². The van der Waals surface area contributed by atoms with Gasteiger partial charge in [0.05, 0.1) is 4.88 Å². The molecular formula is C18H30N4O2S. The molecule has 0 aromatic carbocycles. The molecule has 1 amide bonds. The number of guanidine groups is 1. The van der Waals surface area contributed by atoms with Crippen molar-refractivity contribution in [2.75, 3.05) is 46.9 Å². The zero-order valence-electron chi connectivity index (χ0n) is 15.3. The third-order valence-corrected chi connectivity index (χ3v) is 5.32. The molecule has 1 aromatic rings. The smallest absolute Gasteiger partial charge is 0.261 e. The third-order valence-electron chi connectivity index (χ3n) is 4.45. The molecule has 1 saturated heterocycles. The Morgan fingerprint density at radius 3 is 2.80 bits per heavy atom. The Labute approximate surface area is 154 Å². The van der Waals surface area contributed by atoms with Gasteiger partial charge in [0.15, 0.2) is 5.96 Å². The largest absolute Gasteiger partial charge is 0.381 e. The molecule has 0 atom stereocenters. The zero-order valence-corrected chi connectivity index (χ0v) is 16.1. The first kappa shape index (κ1) is 19.7. The highest BCUT2D eigenvalue weighted by Gasteiger charge is 2.15. The molecule has 0 bridgehead atoms. The van der Waals surface area contributed by atoms with Gasteiger partial charge in [-0.15, -0.1) is 11.3 Å². The molecule has 0 radical (unpaired) electrons. The first-order valence-electron chi connectivity index (χ1n) is 9.02. The number of carbonyl (C=O) groups excluding carboxylic acids is 1. The lowest BCUT2D eigenvalue weighted by Gasteiger charge is -2.26. The standard InChI is InChI=1S/C18H30N4O2S/c1-19-18(22(2)11-6-15-7-12-24-13-8-15)21-10-4-9-20-17(23)16-5-3-14-25-16/h3,5,14-15H,4,6-13H2,1-2H3,(H,19,21)(H,20,23). The lowest BCUT2D eigenvalue weighted by atomic mass is 9.96. The summed E-state index contributed by atoms with van der Waals surface area (Å²) >= 11 is 1.46. The normalized spacial score (nSPS) is 15.8. The quantitative estimate of drug-likeness (QED) is 0.420. The molecule has 25 heavy (non-hydrogen) atoms. The van der Waals surface area contributed by atoms with E-state index in [0.717, 1.165) is 49.5 Å². The topological polar surface area (TPSA) is 66.0 Å². The van der Waals surface area contributed by atoms with E-state index < -0.39 is 0 Å². The molecule has 7 heteroatoms. The van der Waals surface area contributed by atoms with Crippen molar-refractivity contribution < 1.29 is 9.53 Å². The maximum Gasteiger partial charge on any atom is 0.261 e. The molecule has 2 rings (SSSR count). The Balaban J connectivity index is 1.58. The summed E-state index contributed by atoms with van der Waals surface area (Å²) < 4.78 is 5.41. The summed E-state index contributed by atoms with van der Waals surface area (Å²) in [4.78, 5) is 19.1. The van der Waals surface area contributed by atoms with E-state index in [0.29, 0.717) is 6.54 Å². The highest BCUT2D eigenvalue weighted by Crippen LogP contribution is 2.18. The number of amides is 1. The SMILES string of the molecule is CN=C(NCCCNC(=O)c1cccs1)N(C)CCC1CCOCC1. The van der Waals surface area contributed by atoms with E-state index >= 15 is 0 Å². The van der Waals surface area contributed by atoms with E-state index in [2.05, 4.69) is 27.6 Å². The fourth-order valence-corrected chi connectivity index (χ4v) is 3.53. The number of aliphatic imine (C=N–C) groups is 1. The summed E-state index contributed by atoms with van der Waals surface area (Å²) in [6.07, 6.45) is 4.38. The lowest BCUT2D eigenvalue weighted by Crippen LogP contribution is -2.41. The van der Waals surface area contributed by atoms with Crippen LogP contribution in [0.2, 0.25) is 0 Å². The van der Waals surface area contributed by atoms with E-state index in [1.807, 2.05) is 24.6 Å². The van der Waals surface area contributed by atoms with Crippen LogP contribution in [0.1, 0.15) is 35.4 Å². The predicted octanol–water partition coefficient (Wildman–Crippen LogP) is 2.19. The Kier molecular flexibility index (Phi) is 8.76. The van der Waals surface area contributed by atoms with Crippen molar-refractivity contribution >= 4 is 23.2 Å². The second-order valence-corrected chi connectivity index (χ2v) is 7.27. The number of ether oxygens (including phenoxy) is 1. The second kappa shape index (κ2) is 11.1. The minimum Gasteiger partial charge on any atom is -0.381 e. The first-order chi connectivity index (χ1) is 12.2. The van der Waals surface area contributed by atoms with Gasteiger partial charge in [-0.25, -0.2) is 0 Å². The van der Waals surface area contributed by atoms with E-state index in [-0.39, 0.29) is 5.91 Å². The average Bonchev–Trinajstić information content (AvgIpc) is 3.18. The van der Waals surface area contributed by atoms with Crippen molar-refractivity contribution in [3.8, 4) is 0 Å². The molecule has 2 N–H and O–H groups in total. The van der Waals surface area contributed by atoms with Gasteiger partial charge >= 0.3 is 0 Å². The minimum atomic E-state index is 0.00737. The van der Waals surface area contributed by atoms with Crippen LogP contribution >= 0.6 is 11.3 Å². The van der Waals surface area contributed by atoms with Gasteiger partial charge in [-0.2, -0.15) is 0 Å². The van der Waals surface area contributed by atoms with Gasteiger partial charge in [0, 0.05) is 46.9 Å². The summed E-state index contributed by atoms with van der Waals surface area (Å²) in [6.45, 7) is 4.25. The van der Waals surface area contributed by atoms with Gasteiger partial charge in [0.2, 0.25) is 0 Å². The van der Waals surface area contributed by atoms with Crippen LogP contribution in [0.25, 0.3) is 0 Å². The molecule has 1 aliphatic heterocycles. The molecule has 0 saturated carbocycles. The predicted molar refractivity (Wildman–Crippen MR) is 103 cm³/mol. The molecule has 6 nitrogen and oxygen atoms in total. The molecule has 2 heterocycles. The van der Waals surface area contributed by atoms with Gasteiger partial charge in [0.1, 0.15) is 0 Å². The molecule has 1 fully saturated rings. The molecule has 1 aliphatic rings. The molecular weight excluding hydrogens is 336 g/mol. The Morgan fingerprint density at radius 1 is 1.36 bits per heavy atom. The summed E-state index contributed by atoms with van der Waals surface area (Å²) in [5.74, 6) is 1.69. The maximum atomic E-state index is 11.8. The fraction of sp³-hybridized carbons (Fsp3) is 0.667. The fourth-order valence-electron chi connectivity index (χ4n) is 2.89.